The van der Waals surface area contributed by atoms with Crippen LogP contribution >= 0.6 is 22.6 Å². The van der Waals surface area contributed by atoms with Gasteiger partial charge in [0.25, 0.3) is 0 Å². The summed E-state index contributed by atoms with van der Waals surface area (Å²) in [6.45, 7) is 2.64. The fraction of sp³-hybridized carbons (Fsp3) is 0.333. The van der Waals surface area contributed by atoms with E-state index in [0.717, 1.165) is 16.7 Å². The van der Waals surface area contributed by atoms with Crippen molar-refractivity contribution in [1.82, 2.24) is 10.2 Å². The number of anilines is 1. The van der Waals surface area contributed by atoms with E-state index in [1.807, 2.05) is 18.2 Å². The predicted octanol–water partition coefficient (Wildman–Crippen LogP) is 0.661. The van der Waals surface area contributed by atoms with Crippen LogP contribution in [0.4, 0.5) is 5.69 Å². The molecule has 0 bridgehead atoms. The summed E-state index contributed by atoms with van der Waals surface area (Å²) in [5.74, 6) is -1.03. The number of nitrogens with zero attached hydrogens (tertiary/aromatic N) is 1. The molecule has 0 saturated carbocycles. The van der Waals surface area contributed by atoms with Crippen molar-refractivity contribution in [3.63, 3.8) is 0 Å². The molecule has 6 heteroatoms. The Balaban J connectivity index is 1.99. The number of amides is 2. The summed E-state index contributed by atoms with van der Waals surface area (Å²) >= 11 is 2.12. The van der Waals surface area contributed by atoms with Crippen LogP contribution in [0.3, 0.4) is 0 Å². The second-order valence-electron chi connectivity index (χ2n) is 3.98. The van der Waals surface area contributed by atoms with Gasteiger partial charge in [-0.1, -0.05) is 12.1 Å². The van der Waals surface area contributed by atoms with Crippen LogP contribution in [0.1, 0.15) is 0 Å². The highest BCUT2D eigenvalue weighted by Crippen LogP contribution is 2.16. The van der Waals surface area contributed by atoms with E-state index >= 15 is 0 Å². The molecule has 0 atom stereocenters. The Bertz CT molecular complexity index is 458. The molecule has 1 fully saturated rings. The van der Waals surface area contributed by atoms with E-state index in [-0.39, 0.29) is 0 Å². The third-order valence-electron chi connectivity index (χ3n) is 2.72. The van der Waals surface area contributed by atoms with Gasteiger partial charge in [-0.05, 0) is 34.7 Å². The second kappa shape index (κ2) is 6.14. The summed E-state index contributed by atoms with van der Waals surface area (Å²) in [4.78, 5) is 25.3. The average Bonchev–Trinajstić information content (AvgIpc) is 2.41. The first kappa shape index (κ1) is 13.3. The van der Waals surface area contributed by atoms with Gasteiger partial charge in [-0.25, -0.2) is 0 Å². The van der Waals surface area contributed by atoms with Gasteiger partial charge in [0.2, 0.25) is 0 Å². The Hall–Kier alpha value is -1.15. The van der Waals surface area contributed by atoms with Crippen LogP contribution < -0.4 is 10.6 Å². The van der Waals surface area contributed by atoms with E-state index < -0.39 is 11.8 Å². The van der Waals surface area contributed by atoms with Crippen molar-refractivity contribution in [2.45, 2.75) is 0 Å². The fourth-order valence-electron chi connectivity index (χ4n) is 1.75. The molecule has 1 saturated heterocycles. The molecule has 2 amide bonds. The molecule has 1 aromatic carbocycles. The molecule has 1 aliphatic rings. The maximum Gasteiger partial charge on any atom is 0.313 e. The maximum atomic E-state index is 11.9. The predicted molar refractivity (Wildman–Crippen MR) is 77.2 cm³/mol. The molecule has 1 heterocycles. The van der Waals surface area contributed by atoms with Crippen LogP contribution in [0.15, 0.2) is 24.3 Å². The van der Waals surface area contributed by atoms with E-state index in [9.17, 15) is 9.59 Å². The molecule has 1 aliphatic heterocycles. The highest BCUT2D eigenvalue weighted by Gasteiger charge is 2.23. The van der Waals surface area contributed by atoms with Crippen LogP contribution in [0.5, 0.6) is 0 Å². The number of carbonyl (C=O) groups is 2. The van der Waals surface area contributed by atoms with Gasteiger partial charge >= 0.3 is 11.8 Å². The van der Waals surface area contributed by atoms with Gasteiger partial charge in [-0.2, -0.15) is 0 Å². The van der Waals surface area contributed by atoms with E-state index in [0.29, 0.717) is 18.8 Å². The van der Waals surface area contributed by atoms with Crippen molar-refractivity contribution in [2.24, 2.45) is 0 Å². The highest BCUT2D eigenvalue weighted by molar-refractivity contribution is 14.1. The molecule has 0 spiro atoms. The van der Waals surface area contributed by atoms with Crippen LogP contribution in [-0.2, 0) is 9.59 Å². The first-order chi connectivity index (χ1) is 8.68. The SMILES string of the molecule is O=C(Nc1ccccc1I)C(=O)N1CCNCC1. The Morgan fingerprint density at radius 2 is 1.89 bits per heavy atom. The number of carbonyl (C=O) groups excluding carboxylic acids is 2. The zero-order valence-electron chi connectivity index (χ0n) is 9.78. The lowest BCUT2D eigenvalue weighted by Gasteiger charge is -2.26. The van der Waals surface area contributed by atoms with Crippen molar-refractivity contribution in [3.8, 4) is 0 Å². The Morgan fingerprint density at radius 1 is 1.22 bits per heavy atom. The summed E-state index contributed by atoms with van der Waals surface area (Å²) in [5.41, 5.74) is 0.673. The zero-order valence-corrected chi connectivity index (χ0v) is 11.9. The largest absolute Gasteiger partial charge is 0.332 e. The minimum absolute atomic E-state index is 0.462. The number of halogens is 1. The van der Waals surface area contributed by atoms with Crippen molar-refractivity contribution in [1.29, 1.82) is 0 Å². The minimum Gasteiger partial charge on any atom is -0.332 e. The number of hydrogen-bond acceptors (Lipinski definition) is 3. The molecule has 1 aromatic rings. The lowest BCUT2D eigenvalue weighted by Crippen LogP contribution is -2.49. The van der Waals surface area contributed by atoms with Gasteiger partial charge in [0.15, 0.2) is 0 Å². The number of benzene rings is 1. The van der Waals surface area contributed by atoms with Crippen molar-refractivity contribution >= 4 is 40.1 Å². The lowest BCUT2D eigenvalue weighted by atomic mass is 10.3. The topological polar surface area (TPSA) is 61.4 Å². The average molecular weight is 359 g/mol. The Kier molecular flexibility index (Phi) is 4.54. The van der Waals surface area contributed by atoms with Gasteiger partial charge in [0, 0.05) is 29.7 Å². The molecular formula is C12H14IN3O2. The third-order valence-corrected chi connectivity index (χ3v) is 3.66. The highest BCUT2D eigenvalue weighted by atomic mass is 127. The Morgan fingerprint density at radius 3 is 2.56 bits per heavy atom. The zero-order chi connectivity index (χ0) is 13.0. The molecule has 5 nitrogen and oxygen atoms in total. The number of rotatable bonds is 1. The van der Waals surface area contributed by atoms with Crippen LogP contribution in [0.25, 0.3) is 0 Å². The monoisotopic (exact) mass is 359 g/mol. The Labute approximate surface area is 119 Å². The van der Waals surface area contributed by atoms with Gasteiger partial charge in [0.1, 0.15) is 0 Å². The number of nitrogens with one attached hydrogen (secondary N) is 2. The fourth-order valence-corrected chi connectivity index (χ4v) is 2.27. The summed E-state index contributed by atoms with van der Waals surface area (Å²) in [7, 11) is 0. The summed E-state index contributed by atoms with van der Waals surface area (Å²) in [6.07, 6.45) is 0. The van der Waals surface area contributed by atoms with E-state index in [2.05, 4.69) is 33.2 Å². The molecule has 0 aliphatic carbocycles. The number of para-hydroxylation sites is 1. The summed E-state index contributed by atoms with van der Waals surface area (Å²) in [5, 5.41) is 5.79. The molecule has 0 unspecified atom stereocenters. The number of piperazine rings is 1. The van der Waals surface area contributed by atoms with E-state index in [1.54, 1.807) is 11.0 Å². The first-order valence-corrected chi connectivity index (χ1v) is 6.82. The molecule has 2 N–H and O–H groups in total. The maximum absolute atomic E-state index is 11.9. The van der Waals surface area contributed by atoms with Crippen LogP contribution in [0, 0.1) is 3.57 Å². The molecule has 0 aromatic heterocycles. The smallest absolute Gasteiger partial charge is 0.313 e. The van der Waals surface area contributed by atoms with Crippen LogP contribution in [0.2, 0.25) is 0 Å². The van der Waals surface area contributed by atoms with Gasteiger partial charge < -0.3 is 15.5 Å². The van der Waals surface area contributed by atoms with E-state index in [4.69, 9.17) is 0 Å². The molecule has 0 radical (unpaired) electrons. The molecular weight excluding hydrogens is 345 g/mol. The number of hydrogen-bond donors (Lipinski definition) is 2. The van der Waals surface area contributed by atoms with E-state index in [1.165, 1.54) is 0 Å². The first-order valence-electron chi connectivity index (χ1n) is 5.74. The molecule has 2 rings (SSSR count). The summed E-state index contributed by atoms with van der Waals surface area (Å²) in [6, 6.07) is 7.37. The normalized spacial score (nSPS) is 15.3. The standard InChI is InChI=1S/C12H14IN3O2/c13-9-3-1-2-4-10(9)15-11(17)12(18)16-7-5-14-6-8-16/h1-4,14H,5-8H2,(H,15,17). The quantitative estimate of drug-likeness (QED) is 0.572. The lowest BCUT2D eigenvalue weighted by molar-refractivity contribution is -0.143. The van der Waals surface area contributed by atoms with Crippen molar-refractivity contribution < 1.29 is 9.59 Å². The van der Waals surface area contributed by atoms with Gasteiger partial charge in [0.05, 0.1) is 5.69 Å². The second-order valence-corrected chi connectivity index (χ2v) is 5.14. The van der Waals surface area contributed by atoms with Gasteiger partial charge in [-0.3, -0.25) is 9.59 Å². The van der Waals surface area contributed by atoms with Gasteiger partial charge in [-0.15, -0.1) is 0 Å². The van der Waals surface area contributed by atoms with Crippen LogP contribution in [-0.4, -0.2) is 42.9 Å². The third kappa shape index (κ3) is 3.20. The van der Waals surface area contributed by atoms with Crippen molar-refractivity contribution in [2.75, 3.05) is 31.5 Å². The molecule has 18 heavy (non-hydrogen) atoms. The minimum atomic E-state index is -0.569. The molecule has 96 valence electrons. The van der Waals surface area contributed by atoms with Crippen molar-refractivity contribution in [3.05, 3.63) is 27.8 Å². The summed E-state index contributed by atoms with van der Waals surface area (Å²) < 4.78 is 0.913.